The van der Waals surface area contributed by atoms with E-state index in [0.717, 1.165) is 10.5 Å². The molecule has 3 aromatic carbocycles. The molecule has 1 amide bonds. The lowest BCUT2D eigenvalue weighted by Crippen LogP contribution is -2.39. The summed E-state index contributed by atoms with van der Waals surface area (Å²) in [4.78, 5) is 22.8. The van der Waals surface area contributed by atoms with E-state index in [1.807, 2.05) is 0 Å². The van der Waals surface area contributed by atoms with Crippen LogP contribution in [0.5, 0.6) is 0 Å². The molecular formula is C22H18ClFN4O5S. The van der Waals surface area contributed by atoms with Gasteiger partial charge in [0.05, 0.1) is 28.1 Å². The summed E-state index contributed by atoms with van der Waals surface area (Å²) in [6.07, 6.45) is 1.07. The van der Waals surface area contributed by atoms with Gasteiger partial charge in [-0.25, -0.2) is 18.2 Å². The molecule has 0 radical (unpaired) electrons. The smallest absolute Gasteiger partial charge is 0.272 e. The molecule has 0 spiro atoms. The minimum Gasteiger partial charge on any atom is -0.272 e. The summed E-state index contributed by atoms with van der Waals surface area (Å²) in [6, 6.07) is 16.7. The number of nitro groups is 1. The fraction of sp³-hybridized carbons (Fsp3) is 0.0909. The Morgan fingerprint density at radius 3 is 2.41 bits per heavy atom. The number of hydrogen-bond acceptors (Lipinski definition) is 6. The number of benzene rings is 3. The molecule has 3 aromatic rings. The maximum atomic E-state index is 14.2. The van der Waals surface area contributed by atoms with Crippen LogP contribution in [0.1, 0.15) is 11.1 Å². The van der Waals surface area contributed by atoms with Gasteiger partial charge in [-0.05, 0) is 36.4 Å². The molecule has 34 heavy (non-hydrogen) atoms. The van der Waals surface area contributed by atoms with Gasteiger partial charge >= 0.3 is 0 Å². The summed E-state index contributed by atoms with van der Waals surface area (Å²) in [5, 5.41) is 15.1. The highest BCUT2D eigenvalue weighted by atomic mass is 35.5. The van der Waals surface area contributed by atoms with Gasteiger partial charge in [0, 0.05) is 23.2 Å². The van der Waals surface area contributed by atoms with Crippen LogP contribution in [0.15, 0.2) is 82.8 Å². The Kier molecular flexibility index (Phi) is 8.05. The van der Waals surface area contributed by atoms with Crippen LogP contribution in [0.25, 0.3) is 0 Å². The van der Waals surface area contributed by atoms with E-state index in [9.17, 15) is 27.7 Å². The lowest BCUT2D eigenvalue weighted by molar-refractivity contribution is -0.385. The zero-order valence-electron chi connectivity index (χ0n) is 17.5. The van der Waals surface area contributed by atoms with E-state index in [4.69, 9.17) is 11.6 Å². The molecular weight excluding hydrogens is 487 g/mol. The van der Waals surface area contributed by atoms with Crippen molar-refractivity contribution in [3.05, 3.63) is 105 Å². The molecule has 12 heteroatoms. The van der Waals surface area contributed by atoms with Crippen LogP contribution in [0.3, 0.4) is 0 Å². The van der Waals surface area contributed by atoms with Gasteiger partial charge in [0.1, 0.15) is 5.82 Å². The minimum absolute atomic E-state index is 0.0660. The standard InChI is InChI=1S/C22H18ClFN4O5S/c23-18-9-11-19(12-10-18)34(32,33)27(14-17-6-1-3-7-20(17)24)15-22(29)26-25-13-16-5-2-4-8-21(16)28(30)31/h1-13H,14-15H2,(H,26,29)/b25-13-. The predicted molar refractivity (Wildman–Crippen MR) is 124 cm³/mol. The van der Waals surface area contributed by atoms with Crippen molar-refractivity contribution >= 4 is 39.4 Å². The van der Waals surface area contributed by atoms with Crippen LogP contribution < -0.4 is 5.43 Å². The highest BCUT2D eigenvalue weighted by molar-refractivity contribution is 7.89. The third-order valence-electron chi connectivity index (χ3n) is 4.60. The summed E-state index contributed by atoms with van der Waals surface area (Å²) in [6.45, 7) is -1.10. The fourth-order valence-electron chi connectivity index (χ4n) is 2.93. The highest BCUT2D eigenvalue weighted by Crippen LogP contribution is 2.21. The van der Waals surface area contributed by atoms with E-state index in [1.165, 1.54) is 60.7 Å². The second-order valence-electron chi connectivity index (χ2n) is 6.93. The zero-order valence-corrected chi connectivity index (χ0v) is 19.0. The van der Waals surface area contributed by atoms with Crippen molar-refractivity contribution in [3.8, 4) is 0 Å². The van der Waals surface area contributed by atoms with Crippen LogP contribution in [-0.4, -0.2) is 36.3 Å². The molecule has 0 aliphatic rings. The second kappa shape index (κ2) is 11.0. The summed E-state index contributed by atoms with van der Waals surface area (Å²) < 4.78 is 41.4. The quantitative estimate of drug-likeness (QED) is 0.270. The number of carbonyl (C=O) groups excluding carboxylic acids is 1. The summed E-state index contributed by atoms with van der Waals surface area (Å²) in [7, 11) is -4.22. The van der Waals surface area contributed by atoms with Crippen molar-refractivity contribution in [2.24, 2.45) is 5.10 Å². The predicted octanol–water partition coefficient (Wildman–Crippen LogP) is 3.73. The van der Waals surface area contributed by atoms with E-state index in [1.54, 1.807) is 12.1 Å². The molecule has 0 bridgehead atoms. The molecule has 0 aliphatic carbocycles. The molecule has 0 heterocycles. The number of carbonyl (C=O) groups is 1. The molecule has 0 saturated carbocycles. The number of halogens is 2. The van der Waals surface area contributed by atoms with Crippen molar-refractivity contribution < 1.29 is 22.5 Å². The summed E-state index contributed by atoms with van der Waals surface area (Å²) >= 11 is 5.83. The van der Waals surface area contributed by atoms with Gasteiger partial charge in [-0.3, -0.25) is 14.9 Å². The first-order valence-corrected chi connectivity index (χ1v) is 11.5. The average molecular weight is 505 g/mol. The first-order valence-electron chi connectivity index (χ1n) is 9.73. The summed E-state index contributed by atoms with van der Waals surface area (Å²) in [5.74, 6) is -1.46. The van der Waals surface area contributed by atoms with Gasteiger partial charge in [0.15, 0.2) is 0 Å². The van der Waals surface area contributed by atoms with Crippen molar-refractivity contribution in [1.82, 2.24) is 9.73 Å². The van der Waals surface area contributed by atoms with Crippen LogP contribution in [0, 0.1) is 15.9 Å². The van der Waals surface area contributed by atoms with Gasteiger partial charge in [-0.2, -0.15) is 9.41 Å². The Balaban J connectivity index is 1.82. The monoisotopic (exact) mass is 504 g/mol. The number of nitrogens with one attached hydrogen (secondary N) is 1. The molecule has 176 valence electrons. The van der Waals surface area contributed by atoms with E-state index < -0.39 is 39.8 Å². The number of para-hydroxylation sites is 1. The maximum Gasteiger partial charge on any atom is 0.278 e. The lowest BCUT2D eigenvalue weighted by Gasteiger charge is -2.21. The number of rotatable bonds is 9. The Hall–Kier alpha value is -3.67. The van der Waals surface area contributed by atoms with E-state index in [2.05, 4.69) is 10.5 Å². The third kappa shape index (κ3) is 6.22. The van der Waals surface area contributed by atoms with E-state index in [0.29, 0.717) is 5.02 Å². The van der Waals surface area contributed by atoms with Crippen molar-refractivity contribution in [2.45, 2.75) is 11.4 Å². The van der Waals surface area contributed by atoms with Gasteiger partial charge in [0.2, 0.25) is 10.0 Å². The topological polar surface area (TPSA) is 122 Å². The van der Waals surface area contributed by atoms with Crippen LogP contribution in [0.4, 0.5) is 10.1 Å². The Bertz CT molecular complexity index is 1330. The Morgan fingerprint density at radius 2 is 1.74 bits per heavy atom. The fourth-order valence-corrected chi connectivity index (χ4v) is 4.43. The molecule has 0 aromatic heterocycles. The van der Waals surface area contributed by atoms with Crippen molar-refractivity contribution in [2.75, 3.05) is 6.54 Å². The molecule has 0 fully saturated rings. The molecule has 9 nitrogen and oxygen atoms in total. The first kappa shape index (κ1) is 25.0. The maximum absolute atomic E-state index is 14.2. The van der Waals surface area contributed by atoms with Gasteiger partial charge < -0.3 is 0 Å². The third-order valence-corrected chi connectivity index (χ3v) is 6.66. The SMILES string of the molecule is O=C(CN(Cc1ccccc1F)S(=O)(=O)c1ccc(Cl)cc1)N/N=C\c1ccccc1[N+](=O)[O-]. The highest BCUT2D eigenvalue weighted by Gasteiger charge is 2.27. The number of hydrogen-bond donors (Lipinski definition) is 1. The Morgan fingerprint density at radius 1 is 1.09 bits per heavy atom. The molecule has 0 unspecified atom stereocenters. The summed E-state index contributed by atoms with van der Waals surface area (Å²) in [5.41, 5.74) is 2.14. The molecule has 0 atom stereocenters. The molecule has 3 rings (SSSR count). The number of sulfonamides is 1. The normalized spacial score (nSPS) is 11.6. The molecule has 1 N–H and O–H groups in total. The Labute approximate surface area is 199 Å². The van der Waals surface area contributed by atoms with Gasteiger partial charge in [-0.1, -0.05) is 41.9 Å². The number of nitro benzene ring substituents is 1. The minimum atomic E-state index is -4.22. The largest absolute Gasteiger partial charge is 0.278 e. The van der Waals surface area contributed by atoms with Crippen LogP contribution in [0.2, 0.25) is 5.02 Å². The zero-order chi connectivity index (χ0) is 24.7. The second-order valence-corrected chi connectivity index (χ2v) is 9.30. The van der Waals surface area contributed by atoms with Gasteiger partial charge in [0.25, 0.3) is 11.6 Å². The first-order chi connectivity index (χ1) is 16.2. The van der Waals surface area contributed by atoms with Crippen LogP contribution in [-0.2, 0) is 21.4 Å². The number of hydrazone groups is 1. The average Bonchev–Trinajstić information content (AvgIpc) is 2.80. The molecule has 0 saturated heterocycles. The van der Waals surface area contributed by atoms with Crippen molar-refractivity contribution in [3.63, 3.8) is 0 Å². The number of nitrogens with zero attached hydrogens (tertiary/aromatic N) is 3. The number of amides is 1. The van der Waals surface area contributed by atoms with E-state index in [-0.39, 0.29) is 21.7 Å². The van der Waals surface area contributed by atoms with Crippen LogP contribution >= 0.6 is 11.6 Å². The van der Waals surface area contributed by atoms with Crippen molar-refractivity contribution in [1.29, 1.82) is 0 Å². The lowest BCUT2D eigenvalue weighted by atomic mass is 10.2. The van der Waals surface area contributed by atoms with E-state index >= 15 is 0 Å². The molecule has 0 aliphatic heterocycles. The van der Waals surface area contributed by atoms with Gasteiger partial charge in [-0.15, -0.1) is 0 Å².